The van der Waals surface area contributed by atoms with Crippen molar-refractivity contribution in [2.45, 2.75) is 6.54 Å². The normalized spacial score (nSPS) is 10.5. The number of nitrogens with one attached hydrogen (secondary N) is 1. The molecule has 1 N–H and O–H groups in total. The molecule has 0 unspecified atom stereocenters. The number of nitrogens with zero attached hydrogens (tertiary/aromatic N) is 4. The fourth-order valence-corrected chi connectivity index (χ4v) is 2.83. The van der Waals surface area contributed by atoms with E-state index in [1.54, 1.807) is 4.52 Å². The van der Waals surface area contributed by atoms with Crippen LogP contribution in [0, 0.1) is 11.3 Å². The molecule has 0 fully saturated rings. The number of hydrogen-bond acceptors (Lipinski definition) is 4. The fraction of sp³-hybridized carbons (Fsp3) is 0.0500. The van der Waals surface area contributed by atoms with E-state index < -0.39 is 0 Å². The van der Waals surface area contributed by atoms with Crippen molar-refractivity contribution in [2.75, 3.05) is 5.32 Å². The van der Waals surface area contributed by atoms with E-state index in [1.807, 2.05) is 66.9 Å². The third kappa shape index (κ3) is 2.93. The van der Waals surface area contributed by atoms with Crippen LogP contribution in [0.4, 0.5) is 5.82 Å². The van der Waals surface area contributed by atoms with Crippen molar-refractivity contribution < 1.29 is 0 Å². The lowest BCUT2D eigenvalue weighted by atomic mass is 10.1. The molecule has 2 heterocycles. The summed E-state index contributed by atoms with van der Waals surface area (Å²) >= 11 is 0. The van der Waals surface area contributed by atoms with Crippen LogP contribution in [0.3, 0.4) is 0 Å². The molecule has 5 nitrogen and oxygen atoms in total. The van der Waals surface area contributed by atoms with Gasteiger partial charge in [0.05, 0.1) is 0 Å². The van der Waals surface area contributed by atoms with Gasteiger partial charge in [-0.3, -0.25) is 0 Å². The minimum absolute atomic E-state index is 0.137. The lowest BCUT2D eigenvalue weighted by Crippen LogP contribution is -2.07. The second-order valence-electron chi connectivity index (χ2n) is 5.62. The first-order valence-corrected chi connectivity index (χ1v) is 7.98. The van der Waals surface area contributed by atoms with Crippen molar-refractivity contribution >= 4 is 11.3 Å². The average Bonchev–Trinajstić information content (AvgIpc) is 3.11. The van der Waals surface area contributed by atoms with Gasteiger partial charge in [-0.05, 0) is 17.2 Å². The quantitative estimate of drug-likeness (QED) is 0.618. The number of fused-ring (bicyclic) bond motifs is 1. The highest BCUT2D eigenvalue weighted by Crippen LogP contribution is 2.29. The predicted octanol–water partition coefficient (Wildman–Crippen LogP) is 3.88. The number of anilines is 1. The van der Waals surface area contributed by atoms with Gasteiger partial charge in [0.25, 0.3) is 5.82 Å². The summed E-state index contributed by atoms with van der Waals surface area (Å²) in [6, 6.07) is 24.2. The molecule has 2 aromatic heterocycles. The summed E-state index contributed by atoms with van der Waals surface area (Å²) in [5, 5.41) is 16.8. The maximum Gasteiger partial charge on any atom is 0.253 e. The highest BCUT2D eigenvalue weighted by Gasteiger charge is 2.13. The molecule has 2 aromatic carbocycles. The van der Waals surface area contributed by atoms with Crippen LogP contribution in [0.25, 0.3) is 16.6 Å². The van der Waals surface area contributed by atoms with Crippen LogP contribution >= 0.6 is 0 Å². The second kappa shape index (κ2) is 6.46. The first kappa shape index (κ1) is 14.9. The molecular formula is C20H15N5. The molecule has 0 spiro atoms. The number of rotatable bonds is 4. The van der Waals surface area contributed by atoms with Crippen molar-refractivity contribution in [1.82, 2.24) is 14.6 Å². The third-order valence-electron chi connectivity index (χ3n) is 4.00. The SMILES string of the molecule is N#Cc1nc(NCc2ccccc2)c2c(-c3ccccc3)ccn2n1. The molecule has 4 aromatic rings. The lowest BCUT2D eigenvalue weighted by Gasteiger charge is -2.10. The van der Waals surface area contributed by atoms with E-state index in [0.29, 0.717) is 12.4 Å². The standard InChI is InChI=1S/C20H15N5/c21-13-18-23-20(22-14-15-7-3-1-4-8-15)19-17(11-12-25(19)24-18)16-9-5-2-6-10-16/h1-12H,14H2,(H,22,23,24). The maximum atomic E-state index is 9.21. The van der Waals surface area contributed by atoms with E-state index in [4.69, 9.17) is 0 Å². The predicted molar refractivity (Wildman–Crippen MR) is 96.9 cm³/mol. The van der Waals surface area contributed by atoms with Crippen molar-refractivity contribution in [3.05, 3.63) is 84.3 Å². The van der Waals surface area contributed by atoms with Crippen molar-refractivity contribution in [1.29, 1.82) is 5.26 Å². The van der Waals surface area contributed by atoms with Crippen LogP contribution in [0.15, 0.2) is 72.9 Å². The van der Waals surface area contributed by atoms with Gasteiger partial charge in [-0.2, -0.15) is 10.2 Å². The third-order valence-corrected chi connectivity index (χ3v) is 4.00. The molecule has 0 aliphatic rings. The minimum Gasteiger partial charge on any atom is -0.364 e. The zero-order valence-corrected chi connectivity index (χ0v) is 13.4. The monoisotopic (exact) mass is 325 g/mol. The van der Waals surface area contributed by atoms with E-state index in [-0.39, 0.29) is 5.82 Å². The molecule has 0 radical (unpaired) electrons. The van der Waals surface area contributed by atoms with E-state index >= 15 is 0 Å². The Balaban J connectivity index is 1.80. The van der Waals surface area contributed by atoms with Gasteiger partial charge in [-0.25, -0.2) is 4.52 Å². The molecule has 4 rings (SSSR count). The summed E-state index contributed by atoms with van der Waals surface area (Å²) in [6.45, 7) is 0.623. The molecule has 0 saturated carbocycles. The maximum absolute atomic E-state index is 9.21. The average molecular weight is 325 g/mol. The molecule has 25 heavy (non-hydrogen) atoms. The van der Waals surface area contributed by atoms with Crippen LogP contribution in [-0.4, -0.2) is 14.6 Å². The largest absolute Gasteiger partial charge is 0.364 e. The van der Waals surface area contributed by atoms with Gasteiger partial charge < -0.3 is 5.32 Å². The van der Waals surface area contributed by atoms with Gasteiger partial charge in [-0.15, -0.1) is 5.10 Å². The second-order valence-corrected chi connectivity index (χ2v) is 5.62. The smallest absolute Gasteiger partial charge is 0.253 e. The summed E-state index contributed by atoms with van der Waals surface area (Å²) in [5.41, 5.74) is 4.12. The fourth-order valence-electron chi connectivity index (χ4n) is 2.83. The zero-order valence-electron chi connectivity index (χ0n) is 13.4. The van der Waals surface area contributed by atoms with Gasteiger partial charge in [0.15, 0.2) is 5.82 Å². The van der Waals surface area contributed by atoms with E-state index in [1.165, 1.54) is 0 Å². The molecule has 0 atom stereocenters. The molecule has 0 saturated heterocycles. The van der Waals surface area contributed by atoms with Gasteiger partial charge in [-0.1, -0.05) is 60.7 Å². The first-order chi connectivity index (χ1) is 12.3. The topological polar surface area (TPSA) is 66.0 Å². The Morgan fingerprint density at radius 2 is 1.68 bits per heavy atom. The summed E-state index contributed by atoms with van der Waals surface area (Å²) in [7, 11) is 0. The van der Waals surface area contributed by atoms with Crippen molar-refractivity contribution in [3.8, 4) is 17.2 Å². The van der Waals surface area contributed by atoms with Crippen molar-refractivity contribution in [2.24, 2.45) is 0 Å². The zero-order chi connectivity index (χ0) is 17.1. The van der Waals surface area contributed by atoms with Crippen LogP contribution in [0.5, 0.6) is 0 Å². The molecule has 0 aliphatic carbocycles. The summed E-state index contributed by atoms with van der Waals surface area (Å²) in [5.74, 6) is 0.789. The number of nitriles is 1. The van der Waals surface area contributed by atoms with Crippen LogP contribution in [0.1, 0.15) is 11.4 Å². The van der Waals surface area contributed by atoms with Gasteiger partial charge >= 0.3 is 0 Å². The molecule has 5 heteroatoms. The van der Waals surface area contributed by atoms with Gasteiger partial charge in [0.1, 0.15) is 11.6 Å². The first-order valence-electron chi connectivity index (χ1n) is 7.98. The Morgan fingerprint density at radius 3 is 2.40 bits per heavy atom. The number of aromatic nitrogens is 3. The highest BCUT2D eigenvalue weighted by atomic mass is 15.3. The van der Waals surface area contributed by atoms with E-state index in [0.717, 1.165) is 22.2 Å². The Bertz CT molecular complexity index is 1050. The summed E-state index contributed by atoms with van der Waals surface area (Å²) in [6.07, 6.45) is 1.86. The van der Waals surface area contributed by atoms with Crippen LogP contribution in [0.2, 0.25) is 0 Å². The molecule has 0 amide bonds. The Hall–Kier alpha value is -3.65. The Kier molecular flexibility index (Phi) is 3.85. The van der Waals surface area contributed by atoms with E-state index in [2.05, 4.69) is 27.5 Å². The summed E-state index contributed by atoms with van der Waals surface area (Å²) in [4.78, 5) is 4.39. The Morgan fingerprint density at radius 1 is 0.960 bits per heavy atom. The molecule has 0 bridgehead atoms. The molecular weight excluding hydrogens is 310 g/mol. The van der Waals surface area contributed by atoms with E-state index in [9.17, 15) is 5.26 Å². The minimum atomic E-state index is 0.137. The lowest BCUT2D eigenvalue weighted by molar-refractivity contribution is 0.881. The van der Waals surface area contributed by atoms with Crippen LogP contribution in [-0.2, 0) is 6.54 Å². The van der Waals surface area contributed by atoms with Crippen LogP contribution < -0.4 is 5.32 Å². The Labute approximate surface area is 145 Å². The van der Waals surface area contributed by atoms with Crippen molar-refractivity contribution in [3.63, 3.8) is 0 Å². The van der Waals surface area contributed by atoms with Gasteiger partial charge in [0.2, 0.25) is 0 Å². The van der Waals surface area contributed by atoms with Gasteiger partial charge in [0, 0.05) is 18.3 Å². The highest BCUT2D eigenvalue weighted by molar-refractivity contribution is 5.88. The summed E-state index contributed by atoms with van der Waals surface area (Å²) < 4.78 is 1.71. The molecule has 120 valence electrons. The number of benzene rings is 2. The number of hydrogen-bond donors (Lipinski definition) is 1. The molecule has 0 aliphatic heterocycles.